The molecule has 0 saturated carbocycles. The highest BCUT2D eigenvalue weighted by molar-refractivity contribution is 6.04. The van der Waals surface area contributed by atoms with Crippen LogP contribution >= 0.6 is 0 Å². The number of hydrogen-bond donors (Lipinski definition) is 1. The second kappa shape index (κ2) is 7.33. The number of carbonyl (C=O) groups is 1. The lowest BCUT2D eigenvalue weighted by Gasteiger charge is -2.17. The van der Waals surface area contributed by atoms with Gasteiger partial charge in [-0.05, 0) is 68.6 Å². The summed E-state index contributed by atoms with van der Waals surface area (Å²) in [5.41, 5.74) is 11.0. The summed E-state index contributed by atoms with van der Waals surface area (Å²) in [6.45, 7) is 0. The fourth-order valence-electron chi connectivity index (χ4n) is 5.03. The zero-order valence-electron chi connectivity index (χ0n) is 17.5. The monoisotopic (exact) mass is 415 g/mol. The molecule has 0 atom stereocenters. The smallest absolute Gasteiger partial charge is 0.274 e. The van der Waals surface area contributed by atoms with Crippen LogP contribution in [0, 0.1) is 0 Å². The molecule has 6 rings (SSSR count). The van der Waals surface area contributed by atoms with Crippen LogP contribution < -0.4 is 5.06 Å². The first kappa shape index (κ1) is 18.8. The van der Waals surface area contributed by atoms with Gasteiger partial charge >= 0.3 is 0 Å². The number of rotatable bonds is 3. The van der Waals surface area contributed by atoms with E-state index in [2.05, 4.69) is 42.5 Å². The number of anilines is 1. The molecule has 0 fully saturated rings. The van der Waals surface area contributed by atoms with E-state index in [1.165, 1.54) is 39.5 Å². The van der Waals surface area contributed by atoms with Gasteiger partial charge in [-0.2, -0.15) is 5.06 Å². The topological polar surface area (TPSA) is 40.5 Å². The van der Waals surface area contributed by atoms with Crippen LogP contribution in [0.3, 0.4) is 0 Å². The van der Waals surface area contributed by atoms with Crippen molar-refractivity contribution in [2.75, 3.05) is 5.06 Å². The molecule has 0 aromatic heterocycles. The summed E-state index contributed by atoms with van der Waals surface area (Å²) in [4.78, 5) is 12.9. The molecule has 3 heteroatoms. The molecule has 1 N–H and O–H groups in total. The van der Waals surface area contributed by atoms with E-state index in [0.717, 1.165) is 28.2 Å². The van der Waals surface area contributed by atoms with Gasteiger partial charge in [0.2, 0.25) is 0 Å². The minimum Gasteiger partial charge on any atom is -0.281 e. The Morgan fingerprint density at radius 3 is 1.97 bits per heavy atom. The van der Waals surface area contributed by atoms with Crippen LogP contribution in [0.5, 0.6) is 0 Å². The van der Waals surface area contributed by atoms with E-state index in [-0.39, 0.29) is 0 Å². The van der Waals surface area contributed by atoms with Crippen molar-refractivity contribution >= 4 is 17.7 Å². The molecule has 4 aromatic rings. The molecular weight excluding hydrogens is 394 g/mol. The quantitative estimate of drug-likeness (QED) is 0.210. The number of carbonyl (C=O) groups excluding carboxylic acids is 1. The second-order valence-electron chi connectivity index (χ2n) is 8.33. The van der Waals surface area contributed by atoms with Gasteiger partial charge in [-0.1, -0.05) is 78.9 Å². The Labute approximate surface area is 186 Å². The van der Waals surface area contributed by atoms with E-state index >= 15 is 0 Å². The maximum absolute atomic E-state index is 12.9. The van der Waals surface area contributed by atoms with Crippen LogP contribution in [-0.2, 0) is 17.6 Å². The fraction of sp³-hybridized carbons (Fsp3) is 0.0690. The van der Waals surface area contributed by atoms with E-state index in [1.54, 1.807) is 6.07 Å². The minimum absolute atomic E-state index is 0.456. The largest absolute Gasteiger partial charge is 0.281 e. The van der Waals surface area contributed by atoms with Crippen molar-refractivity contribution in [1.82, 2.24) is 0 Å². The predicted octanol–water partition coefficient (Wildman–Crippen LogP) is 6.26. The van der Waals surface area contributed by atoms with E-state index in [9.17, 15) is 10.0 Å². The first-order chi connectivity index (χ1) is 15.7. The summed E-state index contributed by atoms with van der Waals surface area (Å²) in [7, 11) is 0. The lowest BCUT2D eigenvalue weighted by atomic mass is 10.0. The maximum atomic E-state index is 12.9. The lowest BCUT2D eigenvalue weighted by molar-refractivity contribution is -0.118. The highest BCUT2D eigenvalue weighted by atomic mass is 16.5. The summed E-state index contributed by atoms with van der Waals surface area (Å²) in [5, 5.41) is 11.6. The van der Waals surface area contributed by atoms with Crippen molar-refractivity contribution < 1.29 is 10.0 Å². The van der Waals surface area contributed by atoms with E-state index in [0.29, 0.717) is 12.1 Å². The summed E-state index contributed by atoms with van der Waals surface area (Å²) in [5.74, 6) is -0.456. The molecule has 1 amide bonds. The summed E-state index contributed by atoms with van der Waals surface area (Å²) in [6.07, 6.45) is 4.84. The number of amides is 1. The van der Waals surface area contributed by atoms with E-state index in [1.807, 2.05) is 42.5 Å². The Morgan fingerprint density at radius 2 is 1.25 bits per heavy atom. The van der Waals surface area contributed by atoms with Crippen molar-refractivity contribution in [3.05, 3.63) is 119 Å². The van der Waals surface area contributed by atoms with E-state index < -0.39 is 5.91 Å². The average molecular weight is 415 g/mol. The highest BCUT2D eigenvalue weighted by Crippen LogP contribution is 2.41. The fourth-order valence-corrected chi connectivity index (χ4v) is 5.03. The predicted molar refractivity (Wildman–Crippen MR) is 128 cm³/mol. The molecular formula is C29H21NO2. The zero-order chi connectivity index (χ0) is 21.7. The number of nitrogens with zero attached hydrogens (tertiary/aromatic N) is 1. The standard InChI is InChI=1S/C29H21NO2/c31-29(16-15-19-9-5-12-24-22-10-3-1-7-20(22)17-26(19)24)30(32)28-14-6-13-25-23-11-4-2-8-21(23)18-27(25)28/h1-16,32H,17-18H2. The molecule has 0 heterocycles. The lowest BCUT2D eigenvalue weighted by Crippen LogP contribution is -2.25. The third-order valence-electron chi connectivity index (χ3n) is 6.56. The normalized spacial score (nSPS) is 12.9. The highest BCUT2D eigenvalue weighted by Gasteiger charge is 2.24. The van der Waals surface area contributed by atoms with Gasteiger partial charge in [-0.3, -0.25) is 10.0 Å². The van der Waals surface area contributed by atoms with Gasteiger partial charge in [-0.25, -0.2) is 0 Å². The Bertz CT molecular complexity index is 1420. The minimum atomic E-state index is -0.456. The van der Waals surface area contributed by atoms with Gasteiger partial charge in [-0.15, -0.1) is 0 Å². The van der Waals surface area contributed by atoms with Gasteiger partial charge < -0.3 is 0 Å². The molecule has 0 radical (unpaired) electrons. The number of fused-ring (bicyclic) bond motifs is 6. The molecule has 154 valence electrons. The molecule has 32 heavy (non-hydrogen) atoms. The molecule has 4 aromatic carbocycles. The average Bonchev–Trinajstić information content (AvgIpc) is 3.41. The van der Waals surface area contributed by atoms with Crippen LogP contribution in [0.4, 0.5) is 5.69 Å². The van der Waals surface area contributed by atoms with Crippen LogP contribution in [0.15, 0.2) is 91.0 Å². The van der Waals surface area contributed by atoms with Gasteiger partial charge in [0.05, 0.1) is 5.69 Å². The van der Waals surface area contributed by atoms with Gasteiger partial charge in [0.15, 0.2) is 0 Å². The van der Waals surface area contributed by atoms with Crippen LogP contribution in [0.2, 0.25) is 0 Å². The first-order valence-corrected chi connectivity index (χ1v) is 10.8. The van der Waals surface area contributed by atoms with Crippen molar-refractivity contribution in [3.63, 3.8) is 0 Å². The van der Waals surface area contributed by atoms with Gasteiger partial charge in [0, 0.05) is 12.5 Å². The Kier molecular flexibility index (Phi) is 4.30. The molecule has 0 bridgehead atoms. The molecule has 0 spiro atoms. The van der Waals surface area contributed by atoms with Crippen LogP contribution in [0.25, 0.3) is 28.3 Å². The zero-order valence-corrected chi connectivity index (χ0v) is 17.5. The van der Waals surface area contributed by atoms with Crippen molar-refractivity contribution in [1.29, 1.82) is 0 Å². The molecule has 0 unspecified atom stereocenters. The summed E-state index contributed by atoms with van der Waals surface area (Å²) in [6, 6.07) is 28.5. The molecule has 3 nitrogen and oxygen atoms in total. The van der Waals surface area contributed by atoms with Crippen molar-refractivity contribution in [2.24, 2.45) is 0 Å². The summed E-state index contributed by atoms with van der Waals surface area (Å²) < 4.78 is 0. The molecule has 2 aliphatic carbocycles. The molecule has 0 aliphatic heterocycles. The Hall–Kier alpha value is -3.95. The molecule has 2 aliphatic rings. The third-order valence-corrected chi connectivity index (χ3v) is 6.56. The second-order valence-corrected chi connectivity index (χ2v) is 8.33. The molecule has 0 saturated heterocycles. The van der Waals surface area contributed by atoms with Gasteiger partial charge in [0.1, 0.15) is 0 Å². The number of benzene rings is 4. The summed E-state index contributed by atoms with van der Waals surface area (Å²) >= 11 is 0. The van der Waals surface area contributed by atoms with Crippen LogP contribution in [-0.4, -0.2) is 11.1 Å². The number of hydroxylamine groups is 1. The number of hydrogen-bond acceptors (Lipinski definition) is 2. The SMILES string of the molecule is O=C(C=Cc1cccc2c1Cc1ccccc1-2)N(O)c1cccc2c1Cc1ccccc1-2. The Morgan fingerprint density at radius 1 is 0.688 bits per heavy atom. The first-order valence-electron chi connectivity index (χ1n) is 10.8. The van der Waals surface area contributed by atoms with E-state index in [4.69, 9.17) is 0 Å². The maximum Gasteiger partial charge on any atom is 0.274 e. The van der Waals surface area contributed by atoms with Crippen LogP contribution in [0.1, 0.15) is 27.8 Å². The van der Waals surface area contributed by atoms with Crippen molar-refractivity contribution in [3.8, 4) is 22.3 Å². The third kappa shape index (κ3) is 2.90. The Balaban J connectivity index is 1.29. The van der Waals surface area contributed by atoms with Crippen molar-refractivity contribution in [2.45, 2.75) is 12.8 Å². The van der Waals surface area contributed by atoms with Gasteiger partial charge in [0.25, 0.3) is 5.91 Å².